The summed E-state index contributed by atoms with van der Waals surface area (Å²) in [4.78, 5) is 17.8. The number of aromatic nitrogens is 1. The molecule has 2 saturated carbocycles. The van der Waals surface area contributed by atoms with E-state index in [0.717, 1.165) is 12.8 Å². The third-order valence-corrected chi connectivity index (χ3v) is 6.49. The Bertz CT molecular complexity index is 787. The average molecular weight is 416 g/mol. The number of carbonyl (C=O) groups is 1. The lowest BCUT2D eigenvalue weighted by Crippen LogP contribution is -2.63. The minimum atomic E-state index is -4.65. The van der Waals surface area contributed by atoms with Crippen LogP contribution >= 0.6 is 0 Å². The van der Waals surface area contributed by atoms with Gasteiger partial charge in [0.25, 0.3) is 5.88 Å². The molecule has 1 amide bonds. The van der Waals surface area contributed by atoms with Crippen LogP contribution < -0.4 is 4.74 Å². The fourth-order valence-electron chi connectivity index (χ4n) is 4.82. The maximum atomic E-state index is 13.9. The summed E-state index contributed by atoms with van der Waals surface area (Å²) in [7, 11) is 0. The Hall–Kier alpha value is -1.90. The van der Waals surface area contributed by atoms with Gasteiger partial charge in [0.1, 0.15) is 6.10 Å². The number of hydrogen-bond acceptors (Lipinski definition) is 4. The molecule has 1 spiro atoms. The third kappa shape index (κ3) is 4.06. The molecule has 2 aliphatic carbocycles. The second kappa shape index (κ2) is 6.82. The number of rotatable bonds is 3. The van der Waals surface area contributed by atoms with E-state index in [1.54, 1.807) is 6.92 Å². The summed E-state index contributed by atoms with van der Waals surface area (Å²) in [5.41, 5.74) is -1.81. The summed E-state index contributed by atoms with van der Waals surface area (Å²) >= 11 is 0. The molecule has 0 unspecified atom stereocenters. The van der Waals surface area contributed by atoms with Gasteiger partial charge in [-0.3, -0.25) is 4.79 Å². The van der Waals surface area contributed by atoms with E-state index in [2.05, 4.69) is 4.98 Å². The lowest BCUT2D eigenvalue weighted by molar-refractivity contribution is -0.164. The number of ether oxygens (including phenoxy) is 1. The van der Waals surface area contributed by atoms with Crippen molar-refractivity contribution in [2.75, 3.05) is 13.1 Å². The minimum Gasteiger partial charge on any atom is -0.472 e. The molecule has 0 radical (unpaired) electrons. The molecule has 4 rings (SSSR count). The SMILES string of the molecule is C[C@]1(O)C[C@@H](C(=O)N2CC3(CCC(Oc4ncc(C(F)(F)F)cc4F)CC3)C2)C1. The molecule has 9 heteroatoms. The van der Waals surface area contributed by atoms with E-state index in [9.17, 15) is 27.5 Å². The normalized spacial score (nSPS) is 29.3. The predicted octanol–water partition coefficient (Wildman–Crippen LogP) is 3.55. The minimum absolute atomic E-state index is 0.0495. The summed E-state index contributed by atoms with van der Waals surface area (Å²) in [6.45, 7) is 3.11. The Labute approximate surface area is 166 Å². The van der Waals surface area contributed by atoms with Gasteiger partial charge in [-0.1, -0.05) is 0 Å². The summed E-state index contributed by atoms with van der Waals surface area (Å²) < 4.78 is 57.3. The van der Waals surface area contributed by atoms with Crippen LogP contribution in [0.25, 0.3) is 0 Å². The summed E-state index contributed by atoms with van der Waals surface area (Å²) in [5, 5.41) is 9.80. The van der Waals surface area contributed by atoms with Crippen LogP contribution in [0.5, 0.6) is 5.88 Å². The van der Waals surface area contributed by atoms with Crippen molar-refractivity contribution in [3.8, 4) is 5.88 Å². The fraction of sp³-hybridized carbons (Fsp3) is 0.700. The zero-order chi connectivity index (χ0) is 21.0. The van der Waals surface area contributed by atoms with Crippen molar-refractivity contribution in [3.05, 3.63) is 23.6 Å². The molecule has 3 fully saturated rings. The second-order valence-corrected chi connectivity index (χ2v) is 9.12. The highest BCUT2D eigenvalue weighted by Crippen LogP contribution is 2.47. The predicted molar refractivity (Wildman–Crippen MR) is 94.4 cm³/mol. The molecule has 160 valence electrons. The fourth-order valence-corrected chi connectivity index (χ4v) is 4.82. The first-order chi connectivity index (χ1) is 13.5. The molecule has 5 nitrogen and oxygen atoms in total. The molecule has 1 aliphatic heterocycles. The Morgan fingerprint density at radius 1 is 1.28 bits per heavy atom. The van der Waals surface area contributed by atoms with Gasteiger partial charge >= 0.3 is 6.18 Å². The number of halogens is 4. The lowest BCUT2D eigenvalue weighted by atomic mass is 9.66. The van der Waals surface area contributed by atoms with Crippen molar-refractivity contribution in [2.45, 2.75) is 63.3 Å². The zero-order valence-corrected chi connectivity index (χ0v) is 16.1. The van der Waals surface area contributed by atoms with E-state index in [1.165, 1.54) is 0 Å². The molecule has 29 heavy (non-hydrogen) atoms. The van der Waals surface area contributed by atoms with Gasteiger partial charge in [-0.05, 0) is 51.5 Å². The van der Waals surface area contributed by atoms with Crippen LogP contribution in [0, 0.1) is 17.2 Å². The second-order valence-electron chi connectivity index (χ2n) is 9.12. The van der Waals surface area contributed by atoms with Crippen molar-refractivity contribution in [1.82, 2.24) is 9.88 Å². The van der Waals surface area contributed by atoms with Crippen LogP contribution in [-0.2, 0) is 11.0 Å². The van der Waals surface area contributed by atoms with E-state index >= 15 is 0 Å². The number of aliphatic hydroxyl groups is 1. The van der Waals surface area contributed by atoms with Crippen LogP contribution in [0.2, 0.25) is 0 Å². The molecule has 0 atom stereocenters. The van der Waals surface area contributed by atoms with Gasteiger partial charge < -0.3 is 14.7 Å². The first kappa shape index (κ1) is 20.4. The van der Waals surface area contributed by atoms with Crippen LogP contribution in [0.15, 0.2) is 12.3 Å². The van der Waals surface area contributed by atoms with E-state index in [-0.39, 0.29) is 23.3 Å². The largest absolute Gasteiger partial charge is 0.472 e. The van der Waals surface area contributed by atoms with Gasteiger partial charge in [0.05, 0.1) is 11.2 Å². The van der Waals surface area contributed by atoms with E-state index in [0.29, 0.717) is 51.0 Å². The van der Waals surface area contributed by atoms with Crippen molar-refractivity contribution >= 4 is 5.91 Å². The molecular formula is C20H24F4N2O3. The molecule has 1 aromatic heterocycles. The van der Waals surface area contributed by atoms with Crippen molar-refractivity contribution in [3.63, 3.8) is 0 Å². The Balaban J connectivity index is 1.26. The highest BCUT2D eigenvalue weighted by molar-refractivity contribution is 5.81. The maximum Gasteiger partial charge on any atom is 0.417 e. The van der Waals surface area contributed by atoms with E-state index in [1.807, 2.05) is 4.90 Å². The van der Waals surface area contributed by atoms with Crippen LogP contribution in [0.1, 0.15) is 51.0 Å². The molecule has 2 heterocycles. The Morgan fingerprint density at radius 3 is 2.41 bits per heavy atom. The first-order valence-electron chi connectivity index (χ1n) is 9.87. The topological polar surface area (TPSA) is 62.7 Å². The number of likely N-dealkylation sites (tertiary alicyclic amines) is 1. The Morgan fingerprint density at radius 2 is 1.90 bits per heavy atom. The number of amides is 1. The van der Waals surface area contributed by atoms with Gasteiger partial charge in [0, 0.05) is 30.6 Å². The number of alkyl halides is 3. The van der Waals surface area contributed by atoms with Crippen LogP contribution in [0.3, 0.4) is 0 Å². The number of nitrogens with zero attached hydrogens (tertiary/aromatic N) is 2. The average Bonchev–Trinajstić information content (AvgIpc) is 2.58. The third-order valence-electron chi connectivity index (χ3n) is 6.49. The smallest absolute Gasteiger partial charge is 0.417 e. The number of hydrogen-bond donors (Lipinski definition) is 1. The molecule has 3 aliphatic rings. The highest BCUT2D eigenvalue weighted by atomic mass is 19.4. The molecule has 1 saturated heterocycles. The number of pyridine rings is 1. The monoisotopic (exact) mass is 416 g/mol. The van der Waals surface area contributed by atoms with Gasteiger partial charge in [0.15, 0.2) is 5.82 Å². The summed E-state index contributed by atoms with van der Waals surface area (Å²) in [6, 6.07) is 0.403. The zero-order valence-electron chi connectivity index (χ0n) is 16.1. The van der Waals surface area contributed by atoms with Crippen LogP contribution in [0.4, 0.5) is 17.6 Å². The molecule has 1 N–H and O–H groups in total. The van der Waals surface area contributed by atoms with Crippen molar-refractivity contribution in [1.29, 1.82) is 0 Å². The quantitative estimate of drug-likeness (QED) is 0.766. The van der Waals surface area contributed by atoms with Crippen molar-refractivity contribution < 1.29 is 32.2 Å². The Kier molecular flexibility index (Phi) is 4.79. The first-order valence-corrected chi connectivity index (χ1v) is 9.87. The van der Waals surface area contributed by atoms with E-state index in [4.69, 9.17) is 4.74 Å². The van der Waals surface area contributed by atoms with Gasteiger partial charge in [0.2, 0.25) is 5.91 Å². The van der Waals surface area contributed by atoms with Gasteiger partial charge in [-0.15, -0.1) is 0 Å². The molecule has 1 aromatic rings. The van der Waals surface area contributed by atoms with E-state index < -0.39 is 29.0 Å². The summed E-state index contributed by atoms with van der Waals surface area (Å²) in [6.07, 6.45) is -0.440. The molecule has 0 aromatic carbocycles. The lowest BCUT2D eigenvalue weighted by Gasteiger charge is -2.55. The maximum absolute atomic E-state index is 13.9. The van der Waals surface area contributed by atoms with Gasteiger partial charge in [-0.25, -0.2) is 9.37 Å². The number of carbonyl (C=O) groups excluding carboxylic acids is 1. The summed E-state index contributed by atoms with van der Waals surface area (Å²) in [5.74, 6) is -1.49. The van der Waals surface area contributed by atoms with Crippen molar-refractivity contribution in [2.24, 2.45) is 11.3 Å². The highest BCUT2D eigenvalue weighted by Gasteiger charge is 2.51. The van der Waals surface area contributed by atoms with Gasteiger partial charge in [-0.2, -0.15) is 13.2 Å². The standard InChI is InChI=1S/C20H24F4N2O3/c1-18(28)7-12(8-18)17(27)26-10-19(11-26)4-2-14(3-5-19)29-16-15(21)6-13(9-25-16)20(22,23)24/h6,9,12,14,28H,2-5,7-8,10-11H2,1H3/t12-,18+. The van der Waals surface area contributed by atoms with Crippen LogP contribution in [-0.4, -0.2) is 45.7 Å². The molecular weight excluding hydrogens is 392 g/mol. The molecule has 0 bridgehead atoms.